The van der Waals surface area contributed by atoms with Gasteiger partial charge in [-0.05, 0) is 0 Å². The van der Waals surface area contributed by atoms with Gasteiger partial charge in [0.15, 0.2) is 6.23 Å². The van der Waals surface area contributed by atoms with E-state index in [1.54, 1.807) is 0 Å². The van der Waals surface area contributed by atoms with Crippen LogP contribution in [-0.4, -0.2) is 49.8 Å². The van der Waals surface area contributed by atoms with Crippen LogP contribution >= 0.6 is 0 Å². The Labute approximate surface area is 102 Å². The minimum atomic E-state index is -1.35. The van der Waals surface area contributed by atoms with E-state index >= 15 is 0 Å². The lowest BCUT2D eigenvalue weighted by atomic mass is 10.1. The second-order valence-corrected chi connectivity index (χ2v) is 3.75. The first kappa shape index (κ1) is 14.6. The fourth-order valence-corrected chi connectivity index (χ4v) is 1.74. The zero-order valence-corrected chi connectivity index (χ0v) is 8.68. The molecule has 4 atom stereocenters. The van der Waals surface area contributed by atoms with Crippen molar-refractivity contribution in [3.05, 3.63) is 33.1 Å². The van der Waals surface area contributed by atoms with Gasteiger partial charge >= 0.3 is 5.69 Å². The molecule has 1 aliphatic heterocycles. The molecule has 102 valence electrons. The molecule has 0 radical (unpaired) electrons. The summed E-state index contributed by atoms with van der Waals surface area (Å²) in [4.78, 5) is 24.3. The predicted molar refractivity (Wildman–Crippen MR) is 61.1 cm³/mol. The van der Waals surface area contributed by atoms with E-state index < -0.39 is 42.4 Å². The standard InChI is InChI=1S/C9H12N2O6.CH4/c12-3-4-6(14)7(15)8(17-4)11-2-1-5(13)10-9(11)16;/h1-2,4,6-8,12,14-15H,3H2,(H,10,13,16);1H4/t4-,6?,7+,8-;/m1./s1. The Hall–Kier alpha value is -1.48. The Bertz CT molecular complexity index is 510. The van der Waals surface area contributed by atoms with Crippen molar-refractivity contribution in [2.75, 3.05) is 6.61 Å². The van der Waals surface area contributed by atoms with E-state index in [1.807, 2.05) is 4.98 Å². The van der Waals surface area contributed by atoms with Crippen molar-refractivity contribution >= 4 is 0 Å². The SMILES string of the molecule is C.O=c1ccn([C@@H]2O[C@H](CO)C(O)[C@@H]2O)c(=O)[nH]1. The third-order valence-electron chi connectivity index (χ3n) is 2.64. The molecule has 1 aliphatic rings. The fraction of sp³-hybridized carbons (Fsp3) is 0.600. The van der Waals surface area contributed by atoms with Gasteiger partial charge < -0.3 is 20.1 Å². The van der Waals surface area contributed by atoms with Crippen molar-refractivity contribution in [1.29, 1.82) is 0 Å². The van der Waals surface area contributed by atoms with Gasteiger partial charge in [-0.2, -0.15) is 0 Å². The zero-order chi connectivity index (χ0) is 12.6. The highest BCUT2D eigenvalue weighted by molar-refractivity contribution is 4.92. The first-order valence-corrected chi connectivity index (χ1v) is 4.98. The van der Waals surface area contributed by atoms with Crippen LogP contribution in [0, 0.1) is 0 Å². The molecule has 8 heteroatoms. The van der Waals surface area contributed by atoms with E-state index in [9.17, 15) is 19.8 Å². The van der Waals surface area contributed by atoms with Crippen molar-refractivity contribution in [2.24, 2.45) is 0 Å². The van der Waals surface area contributed by atoms with Gasteiger partial charge in [0.05, 0.1) is 6.61 Å². The second-order valence-electron chi connectivity index (χ2n) is 3.75. The first-order chi connectivity index (χ1) is 8.04. The number of nitrogens with zero attached hydrogens (tertiary/aromatic N) is 1. The Morgan fingerprint density at radius 2 is 2.00 bits per heavy atom. The lowest BCUT2D eigenvalue weighted by Crippen LogP contribution is -2.37. The number of hydrogen-bond acceptors (Lipinski definition) is 6. The van der Waals surface area contributed by atoms with Crippen molar-refractivity contribution in [1.82, 2.24) is 9.55 Å². The summed E-state index contributed by atoms with van der Waals surface area (Å²) in [6, 6.07) is 1.09. The van der Waals surface area contributed by atoms with Crippen molar-refractivity contribution in [2.45, 2.75) is 32.0 Å². The maximum atomic E-state index is 11.4. The van der Waals surface area contributed by atoms with E-state index in [-0.39, 0.29) is 7.43 Å². The second kappa shape index (κ2) is 5.44. The van der Waals surface area contributed by atoms with Gasteiger partial charge in [0, 0.05) is 12.3 Å². The summed E-state index contributed by atoms with van der Waals surface area (Å²) in [6.07, 6.45) is -3.58. The molecule has 1 fully saturated rings. The van der Waals surface area contributed by atoms with Gasteiger partial charge in [-0.25, -0.2) is 4.79 Å². The van der Waals surface area contributed by atoms with Crippen LogP contribution in [0.25, 0.3) is 0 Å². The summed E-state index contributed by atoms with van der Waals surface area (Å²) in [7, 11) is 0. The number of nitrogens with one attached hydrogen (secondary N) is 1. The highest BCUT2D eigenvalue weighted by atomic mass is 16.6. The molecule has 4 N–H and O–H groups in total. The summed E-state index contributed by atoms with van der Waals surface area (Å²) in [5.41, 5.74) is -1.33. The molecule has 2 heterocycles. The Kier molecular flexibility index (Phi) is 4.41. The average Bonchev–Trinajstić information content (AvgIpc) is 2.57. The largest absolute Gasteiger partial charge is 0.394 e. The average molecular weight is 260 g/mol. The smallest absolute Gasteiger partial charge is 0.330 e. The summed E-state index contributed by atoms with van der Waals surface area (Å²) in [6.45, 7) is -0.479. The molecule has 0 aromatic carbocycles. The van der Waals surface area contributed by atoms with Gasteiger partial charge in [-0.1, -0.05) is 7.43 Å². The van der Waals surface area contributed by atoms with Gasteiger partial charge in [0.1, 0.15) is 18.3 Å². The maximum absolute atomic E-state index is 11.4. The van der Waals surface area contributed by atoms with E-state index in [1.165, 1.54) is 0 Å². The molecule has 0 amide bonds. The lowest BCUT2D eigenvalue weighted by Gasteiger charge is -2.16. The Balaban J connectivity index is 0.00000162. The van der Waals surface area contributed by atoms with Crippen molar-refractivity contribution < 1.29 is 20.1 Å². The molecule has 0 bridgehead atoms. The third kappa shape index (κ3) is 2.36. The van der Waals surface area contributed by atoms with E-state index in [0.717, 1.165) is 16.8 Å². The molecular weight excluding hydrogens is 244 g/mol. The molecule has 2 rings (SSSR count). The number of aromatic nitrogens is 2. The number of aromatic amines is 1. The fourth-order valence-electron chi connectivity index (χ4n) is 1.74. The molecular formula is C10H16N2O6. The van der Waals surface area contributed by atoms with Crippen LogP contribution in [0.5, 0.6) is 0 Å². The van der Waals surface area contributed by atoms with Crippen molar-refractivity contribution in [3.63, 3.8) is 0 Å². The summed E-state index contributed by atoms with van der Waals surface area (Å²) >= 11 is 0. The van der Waals surface area contributed by atoms with Crippen LogP contribution in [-0.2, 0) is 4.74 Å². The number of aliphatic hydroxyl groups is 3. The van der Waals surface area contributed by atoms with Crippen LogP contribution in [0.3, 0.4) is 0 Å². The van der Waals surface area contributed by atoms with E-state index in [2.05, 4.69) is 0 Å². The predicted octanol–water partition coefficient (Wildman–Crippen LogP) is -2.22. The first-order valence-electron chi connectivity index (χ1n) is 4.98. The summed E-state index contributed by atoms with van der Waals surface area (Å²) in [5, 5.41) is 28.1. The number of rotatable bonds is 2. The molecule has 1 unspecified atom stereocenters. The van der Waals surface area contributed by atoms with Crippen LogP contribution in [0.15, 0.2) is 21.9 Å². The topological polar surface area (TPSA) is 125 Å². The highest BCUT2D eigenvalue weighted by Gasteiger charge is 2.43. The number of ether oxygens (including phenoxy) is 1. The van der Waals surface area contributed by atoms with Crippen molar-refractivity contribution in [3.8, 4) is 0 Å². The van der Waals surface area contributed by atoms with Gasteiger partial charge in [0.2, 0.25) is 0 Å². The molecule has 18 heavy (non-hydrogen) atoms. The highest BCUT2D eigenvalue weighted by Crippen LogP contribution is 2.27. The van der Waals surface area contributed by atoms with E-state index in [4.69, 9.17) is 9.84 Å². The lowest BCUT2D eigenvalue weighted by molar-refractivity contribution is -0.0550. The molecule has 0 spiro atoms. The molecule has 0 saturated carbocycles. The van der Waals surface area contributed by atoms with Gasteiger partial charge in [-0.15, -0.1) is 0 Å². The monoisotopic (exact) mass is 260 g/mol. The maximum Gasteiger partial charge on any atom is 0.330 e. The third-order valence-corrected chi connectivity index (χ3v) is 2.64. The normalized spacial score (nSPS) is 31.1. The minimum Gasteiger partial charge on any atom is -0.394 e. The zero-order valence-electron chi connectivity index (χ0n) is 8.68. The molecule has 1 saturated heterocycles. The van der Waals surface area contributed by atoms with Crippen LogP contribution in [0.4, 0.5) is 0 Å². The number of hydrogen-bond donors (Lipinski definition) is 4. The quantitative estimate of drug-likeness (QED) is 0.477. The minimum absolute atomic E-state index is 0. The molecule has 8 nitrogen and oxygen atoms in total. The van der Waals surface area contributed by atoms with E-state index in [0.29, 0.717) is 0 Å². The number of H-pyrrole nitrogens is 1. The van der Waals surface area contributed by atoms with Gasteiger partial charge in [-0.3, -0.25) is 14.3 Å². The van der Waals surface area contributed by atoms with Gasteiger partial charge in [0.25, 0.3) is 5.56 Å². The Morgan fingerprint density at radius 1 is 1.33 bits per heavy atom. The van der Waals surface area contributed by atoms with Crippen LogP contribution < -0.4 is 11.2 Å². The Morgan fingerprint density at radius 3 is 2.50 bits per heavy atom. The molecule has 1 aromatic rings. The number of aliphatic hydroxyl groups excluding tert-OH is 3. The van der Waals surface area contributed by atoms with Crippen LogP contribution in [0.1, 0.15) is 13.7 Å². The summed E-state index contributed by atoms with van der Waals surface area (Å²) in [5.74, 6) is 0. The van der Waals surface area contributed by atoms with Crippen LogP contribution in [0.2, 0.25) is 0 Å². The molecule has 1 aromatic heterocycles. The molecule has 0 aliphatic carbocycles. The summed E-state index contributed by atoms with van der Waals surface area (Å²) < 4.78 is 6.08.